The summed E-state index contributed by atoms with van der Waals surface area (Å²) in [6.07, 6.45) is 4.35. The van der Waals surface area contributed by atoms with Gasteiger partial charge in [-0.25, -0.2) is 0 Å². The van der Waals surface area contributed by atoms with Gasteiger partial charge in [-0.2, -0.15) is 0 Å². The van der Waals surface area contributed by atoms with Crippen LogP contribution in [0.5, 0.6) is 0 Å². The Morgan fingerprint density at radius 2 is 1.94 bits per heavy atom. The molecule has 3 nitrogen and oxygen atoms in total. The minimum absolute atomic E-state index is 0.734. The lowest BCUT2D eigenvalue weighted by molar-refractivity contribution is 0.161. The Morgan fingerprint density at radius 3 is 2.61 bits per heavy atom. The molecule has 3 fully saturated rings. The summed E-state index contributed by atoms with van der Waals surface area (Å²) in [6.45, 7) is 12.4. The van der Waals surface area contributed by atoms with Gasteiger partial charge in [0.05, 0.1) is 0 Å². The Morgan fingerprint density at radius 1 is 1.11 bits per heavy atom. The molecular weight excluding hydrogens is 222 g/mol. The van der Waals surface area contributed by atoms with E-state index in [9.17, 15) is 0 Å². The Hall–Kier alpha value is -0.120. The molecule has 3 rings (SSSR count). The lowest BCUT2D eigenvalue weighted by Crippen LogP contribution is -2.52. The highest BCUT2D eigenvalue weighted by molar-refractivity contribution is 4.92. The van der Waals surface area contributed by atoms with Gasteiger partial charge >= 0.3 is 0 Å². The van der Waals surface area contributed by atoms with Crippen molar-refractivity contribution in [2.75, 3.05) is 39.3 Å². The number of nitrogens with one attached hydrogen (secondary N) is 1. The summed E-state index contributed by atoms with van der Waals surface area (Å²) in [5.41, 5.74) is 0. The van der Waals surface area contributed by atoms with Gasteiger partial charge < -0.3 is 15.1 Å². The van der Waals surface area contributed by atoms with E-state index in [0.717, 1.165) is 23.9 Å². The molecular formula is C15H29N3. The van der Waals surface area contributed by atoms with Crippen LogP contribution in [-0.4, -0.2) is 61.2 Å². The normalized spacial score (nSPS) is 35.5. The third-order valence-corrected chi connectivity index (χ3v) is 5.04. The van der Waals surface area contributed by atoms with Crippen molar-refractivity contribution in [3.8, 4) is 0 Å². The van der Waals surface area contributed by atoms with Crippen LogP contribution < -0.4 is 5.32 Å². The smallest absolute Gasteiger partial charge is 0.0223 e. The minimum Gasteiger partial charge on any atom is -0.311 e. The molecule has 3 aliphatic rings. The first-order valence-electron chi connectivity index (χ1n) is 7.92. The zero-order chi connectivity index (χ0) is 12.5. The van der Waals surface area contributed by atoms with Gasteiger partial charge in [-0.05, 0) is 51.5 Å². The molecule has 1 N–H and O–H groups in total. The molecule has 2 atom stereocenters. The second-order valence-electron chi connectivity index (χ2n) is 6.90. The van der Waals surface area contributed by atoms with E-state index >= 15 is 0 Å². The molecule has 3 heteroatoms. The van der Waals surface area contributed by atoms with Crippen molar-refractivity contribution < 1.29 is 0 Å². The Balaban J connectivity index is 1.45. The fraction of sp³-hybridized carbons (Fsp3) is 1.00. The minimum atomic E-state index is 0.734. The SMILES string of the molecule is CC(C)N1CCC(CN2CCNC(C3CC3)C2)C1. The van der Waals surface area contributed by atoms with Crippen molar-refractivity contribution in [2.24, 2.45) is 11.8 Å². The van der Waals surface area contributed by atoms with Crippen LogP contribution in [0.15, 0.2) is 0 Å². The predicted octanol–water partition coefficient (Wildman–Crippen LogP) is 1.40. The standard InChI is InChI=1S/C15H29N3/c1-12(2)18-7-5-13(10-18)9-17-8-6-16-15(11-17)14-3-4-14/h12-16H,3-11H2,1-2H3. The molecule has 0 spiro atoms. The second-order valence-corrected chi connectivity index (χ2v) is 6.90. The van der Waals surface area contributed by atoms with Gasteiger partial charge in [0.2, 0.25) is 0 Å². The van der Waals surface area contributed by atoms with Gasteiger partial charge in [0.25, 0.3) is 0 Å². The molecule has 2 unspecified atom stereocenters. The Kier molecular flexibility index (Phi) is 3.92. The van der Waals surface area contributed by atoms with E-state index in [1.54, 1.807) is 0 Å². The quantitative estimate of drug-likeness (QED) is 0.815. The number of piperazine rings is 1. The molecule has 104 valence electrons. The van der Waals surface area contributed by atoms with E-state index in [4.69, 9.17) is 0 Å². The Bertz CT molecular complexity index is 275. The van der Waals surface area contributed by atoms with Gasteiger partial charge in [0.1, 0.15) is 0 Å². The zero-order valence-corrected chi connectivity index (χ0v) is 12.1. The first-order chi connectivity index (χ1) is 8.72. The molecule has 0 aromatic carbocycles. The monoisotopic (exact) mass is 251 g/mol. The average molecular weight is 251 g/mol. The predicted molar refractivity (Wildman–Crippen MR) is 75.8 cm³/mol. The van der Waals surface area contributed by atoms with Crippen LogP contribution in [-0.2, 0) is 0 Å². The fourth-order valence-corrected chi connectivity index (χ4v) is 3.67. The fourth-order valence-electron chi connectivity index (χ4n) is 3.67. The van der Waals surface area contributed by atoms with Crippen LogP contribution in [0.4, 0.5) is 0 Å². The molecule has 0 bridgehead atoms. The molecule has 2 heterocycles. The summed E-state index contributed by atoms with van der Waals surface area (Å²) in [5, 5.41) is 3.71. The van der Waals surface area contributed by atoms with Crippen LogP contribution in [0, 0.1) is 11.8 Å². The zero-order valence-electron chi connectivity index (χ0n) is 12.1. The average Bonchev–Trinajstić information content (AvgIpc) is 3.10. The molecule has 1 aliphatic carbocycles. The van der Waals surface area contributed by atoms with Crippen LogP contribution in [0.25, 0.3) is 0 Å². The van der Waals surface area contributed by atoms with E-state index < -0.39 is 0 Å². The number of rotatable bonds is 4. The van der Waals surface area contributed by atoms with E-state index in [0.29, 0.717) is 0 Å². The van der Waals surface area contributed by atoms with Crippen molar-refractivity contribution in [1.29, 1.82) is 0 Å². The summed E-state index contributed by atoms with van der Waals surface area (Å²) in [6, 6.07) is 1.54. The molecule has 2 aliphatic heterocycles. The summed E-state index contributed by atoms with van der Waals surface area (Å²) in [7, 11) is 0. The number of hydrogen-bond acceptors (Lipinski definition) is 3. The van der Waals surface area contributed by atoms with Crippen LogP contribution >= 0.6 is 0 Å². The molecule has 18 heavy (non-hydrogen) atoms. The largest absolute Gasteiger partial charge is 0.311 e. The van der Waals surface area contributed by atoms with Gasteiger partial charge in [-0.15, -0.1) is 0 Å². The van der Waals surface area contributed by atoms with Crippen molar-refractivity contribution in [3.05, 3.63) is 0 Å². The maximum Gasteiger partial charge on any atom is 0.0223 e. The highest BCUT2D eigenvalue weighted by Crippen LogP contribution is 2.34. The van der Waals surface area contributed by atoms with E-state index in [1.807, 2.05) is 0 Å². The highest BCUT2D eigenvalue weighted by atomic mass is 15.2. The van der Waals surface area contributed by atoms with Gasteiger partial charge in [0, 0.05) is 44.8 Å². The number of hydrogen-bond donors (Lipinski definition) is 1. The first-order valence-corrected chi connectivity index (χ1v) is 7.92. The summed E-state index contributed by atoms with van der Waals surface area (Å²) >= 11 is 0. The van der Waals surface area contributed by atoms with E-state index in [2.05, 4.69) is 29.0 Å². The maximum atomic E-state index is 3.71. The molecule has 2 saturated heterocycles. The van der Waals surface area contributed by atoms with Gasteiger partial charge in [-0.3, -0.25) is 0 Å². The summed E-state index contributed by atoms with van der Waals surface area (Å²) in [5.74, 6) is 1.92. The van der Waals surface area contributed by atoms with Crippen LogP contribution in [0.2, 0.25) is 0 Å². The second kappa shape index (κ2) is 5.48. The number of likely N-dealkylation sites (tertiary alicyclic amines) is 1. The third kappa shape index (κ3) is 3.06. The van der Waals surface area contributed by atoms with Crippen molar-refractivity contribution in [1.82, 2.24) is 15.1 Å². The molecule has 0 radical (unpaired) electrons. The van der Waals surface area contributed by atoms with Gasteiger partial charge in [-0.1, -0.05) is 0 Å². The molecule has 0 aromatic heterocycles. The van der Waals surface area contributed by atoms with Crippen LogP contribution in [0.1, 0.15) is 33.1 Å². The van der Waals surface area contributed by atoms with Crippen molar-refractivity contribution >= 4 is 0 Å². The van der Waals surface area contributed by atoms with Crippen molar-refractivity contribution in [2.45, 2.75) is 45.2 Å². The highest BCUT2D eigenvalue weighted by Gasteiger charge is 2.35. The molecule has 0 amide bonds. The topological polar surface area (TPSA) is 18.5 Å². The van der Waals surface area contributed by atoms with Crippen LogP contribution in [0.3, 0.4) is 0 Å². The van der Waals surface area contributed by atoms with E-state index in [1.165, 1.54) is 58.5 Å². The number of nitrogens with zero attached hydrogens (tertiary/aromatic N) is 2. The summed E-state index contributed by atoms with van der Waals surface area (Å²) < 4.78 is 0. The van der Waals surface area contributed by atoms with Gasteiger partial charge in [0.15, 0.2) is 0 Å². The first kappa shape index (κ1) is 12.9. The Labute approximate surface area is 112 Å². The molecule has 0 aromatic rings. The lowest BCUT2D eigenvalue weighted by atomic mass is 10.1. The van der Waals surface area contributed by atoms with E-state index in [-0.39, 0.29) is 0 Å². The lowest BCUT2D eigenvalue weighted by Gasteiger charge is -2.35. The van der Waals surface area contributed by atoms with Crippen molar-refractivity contribution in [3.63, 3.8) is 0 Å². The maximum absolute atomic E-state index is 3.71. The summed E-state index contributed by atoms with van der Waals surface area (Å²) in [4.78, 5) is 5.37. The third-order valence-electron chi connectivity index (χ3n) is 5.04. The molecule has 1 saturated carbocycles.